The molecule has 0 radical (unpaired) electrons. The van der Waals surface area contributed by atoms with Crippen LogP contribution in [0.15, 0.2) is 39.3 Å². The summed E-state index contributed by atoms with van der Waals surface area (Å²) in [5, 5.41) is 10.1. The average Bonchev–Trinajstić information content (AvgIpc) is 2.69. The second kappa shape index (κ2) is 3.73. The zero-order valence-corrected chi connectivity index (χ0v) is 9.99. The normalized spacial score (nSPS) is 14.9. The van der Waals surface area contributed by atoms with E-state index < -0.39 is 0 Å². The molecule has 0 fully saturated rings. The maximum absolute atomic E-state index is 12.1. The summed E-state index contributed by atoms with van der Waals surface area (Å²) < 4.78 is 2.86. The molecule has 0 amide bonds. The summed E-state index contributed by atoms with van der Waals surface area (Å²) >= 11 is 0.00484. The fourth-order valence-corrected chi connectivity index (χ4v) is 3.60. The van der Waals surface area contributed by atoms with Gasteiger partial charge < -0.3 is 0 Å². The molecule has 16 heavy (non-hydrogen) atoms. The number of nitrogens with zero attached hydrogens (tertiary/aromatic N) is 4. The van der Waals surface area contributed by atoms with E-state index in [4.69, 9.17) is 0 Å². The van der Waals surface area contributed by atoms with Crippen molar-refractivity contribution in [1.82, 2.24) is 3.67 Å². The number of fused-ring (bicyclic) bond motifs is 1. The van der Waals surface area contributed by atoms with Crippen LogP contribution in [0.5, 0.6) is 0 Å². The average molecular weight is 279 g/mol. The summed E-state index contributed by atoms with van der Waals surface area (Å²) in [5.74, 6) is 0. The van der Waals surface area contributed by atoms with Gasteiger partial charge in [-0.05, 0) is 0 Å². The van der Waals surface area contributed by atoms with E-state index in [-0.39, 0.29) is 20.3 Å². The summed E-state index contributed by atoms with van der Waals surface area (Å²) in [4.78, 5) is 12.1. The summed E-state index contributed by atoms with van der Waals surface area (Å²) in [6.45, 7) is 0.602. The molecule has 2 aromatic rings. The van der Waals surface area contributed by atoms with Crippen molar-refractivity contribution in [2.24, 2.45) is 10.2 Å². The predicted molar refractivity (Wildman–Crippen MR) is 65.2 cm³/mol. The van der Waals surface area contributed by atoms with E-state index in [1.165, 1.54) is 0 Å². The number of rotatable bonds is 1. The first-order valence-electron chi connectivity index (χ1n) is 4.79. The Balaban J connectivity index is 2.17. The third-order valence-electron chi connectivity index (χ3n) is 2.31. The second-order valence-corrected chi connectivity index (χ2v) is 5.35. The van der Waals surface area contributed by atoms with Crippen molar-refractivity contribution in [2.75, 3.05) is 11.6 Å². The molecule has 1 aliphatic heterocycles. The van der Waals surface area contributed by atoms with E-state index in [2.05, 4.69) is 10.2 Å². The molecule has 6 heteroatoms. The van der Waals surface area contributed by atoms with Crippen molar-refractivity contribution < 1.29 is 0 Å². The summed E-state index contributed by atoms with van der Waals surface area (Å²) in [6, 6.07) is 7.72. The van der Waals surface area contributed by atoms with Gasteiger partial charge in [-0.1, -0.05) is 0 Å². The van der Waals surface area contributed by atoms with Gasteiger partial charge in [-0.25, -0.2) is 0 Å². The van der Waals surface area contributed by atoms with Gasteiger partial charge in [0.15, 0.2) is 0 Å². The Kier molecular flexibility index (Phi) is 2.23. The van der Waals surface area contributed by atoms with Crippen LogP contribution in [0.3, 0.4) is 0 Å². The van der Waals surface area contributed by atoms with Crippen LogP contribution in [0.2, 0.25) is 0 Å². The van der Waals surface area contributed by atoms with Gasteiger partial charge in [0.05, 0.1) is 0 Å². The van der Waals surface area contributed by atoms with Gasteiger partial charge in [0.25, 0.3) is 0 Å². The molecule has 0 atom stereocenters. The van der Waals surface area contributed by atoms with Crippen molar-refractivity contribution in [3.63, 3.8) is 0 Å². The Morgan fingerprint density at radius 2 is 2.12 bits per heavy atom. The standard InChI is InChI=1S/C10H8N4OSe/c15-10-8-3-1-2-4-9(8)16-14(10)13-6-5-11-12-7-13/h1-5,7H,6H2. The van der Waals surface area contributed by atoms with Gasteiger partial charge >= 0.3 is 97.0 Å². The first-order valence-corrected chi connectivity index (χ1v) is 6.41. The first kappa shape index (κ1) is 9.57. The van der Waals surface area contributed by atoms with Crippen molar-refractivity contribution >= 4 is 36.9 Å². The maximum atomic E-state index is 12.1. The number of hydrogen-bond acceptors (Lipinski definition) is 4. The quantitative estimate of drug-likeness (QED) is 0.691. The molecule has 1 aliphatic rings. The van der Waals surface area contributed by atoms with E-state index in [0.29, 0.717) is 6.54 Å². The van der Waals surface area contributed by atoms with Crippen LogP contribution >= 0.6 is 0 Å². The Morgan fingerprint density at radius 3 is 2.88 bits per heavy atom. The fraction of sp³-hybridized carbons (Fsp3) is 0.100. The molecule has 0 saturated heterocycles. The molecular formula is C10H8N4OSe. The zero-order valence-electron chi connectivity index (χ0n) is 8.28. The van der Waals surface area contributed by atoms with Gasteiger partial charge in [0, 0.05) is 0 Å². The monoisotopic (exact) mass is 280 g/mol. The van der Waals surface area contributed by atoms with Gasteiger partial charge in [-0.2, -0.15) is 0 Å². The molecule has 3 rings (SSSR count). The molecule has 1 aromatic heterocycles. The Morgan fingerprint density at radius 1 is 1.25 bits per heavy atom. The summed E-state index contributed by atoms with van der Waals surface area (Å²) in [5.41, 5.74) is 0.0531. The zero-order chi connectivity index (χ0) is 11.0. The molecule has 0 spiro atoms. The van der Waals surface area contributed by atoms with E-state index in [1.807, 2.05) is 24.3 Å². The molecule has 2 heterocycles. The molecular weight excluding hydrogens is 271 g/mol. The van der Waals surface area contributed by atoms with Crippen LogP contribution in [0.4, 0.5) is 0 Å². The van der Waals surface area contributed by atoms with Crippen LogP contribution in [0, 0.1) is 0 Å². The predicted octanol–water partition coefficient (Wildman–Crippen LogP) is 0.0242. The third kappa shape index (κ3) is 1.43. The second-order valence-electron chi connectivity index (χ2n) is 3.32. The Labute approximate surface area is 97.3 Å². The van der Waals surface area contributed by atoms with Crippen LogP contribution in [-0.4, -0.2) is 37.5 Å². The molecule has 0 bridgehead atoms. The van der Waals surface area contributed by atoms with Crippen molar-refractivity contribution in [1.29, 1.82) is 0 Å². The van der Waals surface area contributed by atoms with Gasteiger partial charge in [-0.3, -0.25) is 0 Å². The number of hydrogen-bond donors (Lipinski definition) is 0. The fourth-order valence-electron chi connectivity index (χ4n) is 1.55. The summed E-state index contributed by atoms with van der Waals surface area (Å²) in [7, 11) is 0. The van der Waals surface area contributed by atoms with E-state index >= 15 is 0 Å². The minimum atomic E-state index is 0.00484. The Bertz CT molecular complexity index is 640. The van der Waals surface area contributed by atoms with Gasteiger partial charge in [0.2, 0.25) is 0 Å². The topological polar surface area (TPSA) is 50.0 Å². The Hall–Kier alpha value is -1.65. The van der Waals surface area contributed by atoms with Crippen LogP contribution < -0.4 is 10.6 Å². The van der Waals surface area contributed by atoms with Gasteiger partial charge in [0.1, 0.15) is 0 Å². The molecule has 0 N–H and O–H groups in total. The first-order chi connectivity index (χ1) is 7.86. The van der Waals surface area contributed by atoms with E-state index in [1.54, 1.807) is 21.2 Å². The SMILES string of the molecule is O=c1c2ccccc2[se]n1N1C=NN=CC1. The molecule has 0 aliphatic carbocycles. The molecule has 80 valence electrons. The van der Waals surface area contributed by atoms with Crippen LogP contribution in [0.25, 0.3) is 9.65 Å². The van der Waals surface area contributed by atoms with Crippen molar-refractivity contribution in [2.45, 2.75) is 0 Å². The van der Waals surface area contributed by atoms with E-state index in [0.717, 1.165) is 9.65 Å². The van der Waals surface area contributed by atoms with Crippen molar-refractivity contribution in [3.05, 3.63) is 34.6 Å². The number of benzene rings is 1. The molecule has 0 unspecified atom stereocenters. The van der Waals surface area contributed by atoms with Gasteiger partial charge in [-0.15, -0.1) is 0 Å². The summed E-state index contributed by atoms with van der Waals surface area (Å²) in [6.07, 6.45) is 3.28. The molecule has 0 saturated carbocycles. The number of aromatic nitrogens is 1. The van der Waals surface area contributed by atoms with Crippen LogP contribution in [-0.2, 0) is 0 Å². The van der Waals surface area contributed by atoms with E-state index in [9.17, 15) is 4.79 Å². The third-order valence-corrected chi connectivity index (χ3v) is 4.62. The van der Waals surface area contributed by atoms with Crippen molar-refractivity contribution in [3.8, 4) is 0 Å². The molecule has 5 nitrogen and oxygen atoms in total. The van der Waals surface area contributed by atoms with Crippen LogP contribution in [0.1, 0.15) is 0 Å². The molecule has 1 aromatic carbocycles. The minimum absolute atomic E-state index is 0.00484.